The van der Waals surface area contributed by atoms with Gasteiger partial charge in [0.1, 0.15) is 11.0 Å². The van der Waals surface area contributed by atoms with Gasteiger partial charge in [-0.05, 0) is 30.3 Å². The normalized spacial score (nSPS) is 11.8. The fourth-order valence-electron chi connectivity index (χ4n) is 2.23. The molecule has 0 fully saturated rings. The molecular formula is C17H12N2O2. The fraction of sp³-hybridized carbons (Fsp3) is 0.0588. The minimum Gasteiger partial charge on any atom is -0.440 e. The van der Waals surface area contributed by atoms with E-state index in [1.807, 2.05) is 60.7 Å². The molecule has 4 nitrogen and oxygen atoms in total. The maximum absolute atomic E-state index is 5.65. The molecule has 4 heteroatoms. The van der Waals surface area contributed by atoms with Crippen molar-refractivity contribution in [1.82, 2.24) is 9.97 Å². The van der Waals surface area contributed by atoms with E-state index in [4.69, 9.17) is 8.83 Å². The number of aromatic nitrogens is 2. The summed E-state index contributed by atoms with van der Waals surface area (Å²) in [6.07, 6.45) is 4.39. The van der Waals surface area contributed by atoms with Crippen LogP contribution in [0.1, 0.15) is 11.8 Å². The highest BCUT2D eigenvalue weighted by atomic mass is 16.4. The van der Waals surface area contributed by atoms with Crippen LogP contribution >= 0.6 is 0 Å². The van der Waals surface area contributed by atoms with Crippen LogP contribution in [0.2, 0.25) is 0 Å². The molecule has 0 unspecified atom stereocenters. The molecule has 0 radical (unpaired) electrons. The molecule has 4 aromatic rings. The minimum atomic E-state index is 0.590. The predicted molar refractivity (Wildman–Crippen MR) is 80.8 cm³/mol. The van der Waals surface area contributed by atoms with E-state index in [9.17, 15) is 0 Å². The smallest absolute Gasteiger partial charge is 0.219 e. The van der Waals surface area contributed by atoms with Gasteiger partial charge < -0.3 is 8.83 Å². The maximum atomic E-state index is 5.65. The lowest BCUT2D eigenvalue weighted by Crippen LogP contribution is -1.79. The van der Waals surface area contributed by atoms with Gasteiger partial charge in [-0.25, -0.2) is 9.97 Å². The number of para-hydroxylation sites is 4. The van der Waals surface area contributed by atoms with Gasteiger partial charge in [-0.2, -0.15) is 0 Å². The second kappa shape index (κ2) is 4.90. The molecule has 0 N–H and O–H groups in total. The van der Waals surface area contributed by atoms with Gasteiger partial charge in [0.2, 0.25) is 5.89 Å². The second-order valence-corrected chi connectivity index (χ2v) is 4.70. The third-order valence-electron chi connectivity index (χ3n) is 3.20. The lowest BCUT2D eigenvalue weighted by Gasteiger charge is -1.85. The summed E-state index contributed by atoms with van der Waals surface area (Å²) in [5.41, 5.74) is 3.34. The molecule has 0 spiro atoms. The van der Waals surface area contributed by atoms with Crippen LogP contribution in [0, 0.1) is 0 Å². The van der Waals surface area contributed by atoms with E-state index >= 15 is 0 Å². The van der Waals surface area contributed by atoms with E-state index in [0.717, 1.165) is 22.2 Å². The van der Waals surface area contributed by atoms with Crippen LogP contribution in [0.25, 0.3) is 28.3 Å². The molecule has 0 amide bonds. The van der Waals surface area contributed by atoms with E-state index < -0.39 is 0 Å². The first-order valence-electron chi connectivity index (χ1n) is 6.75. The van der Waals surface area contributed by atoms with Crippen molar-refractivity contribution in [1.29, 1.82) is 0 Å². The van der Waals surface area contributed by atoms with Crippen molar-refractivity contribution in [3.63, 3.8) is 0 Å². The van der Waals surface area contributed by atoms with Gasteiger partial charge in [0.15, 0.2) is 17.1 Å². The van der Waals surface area contributed by atoms with Crippen molar-refractivity contribution in [3.05, 3.63) is 66.4 Å². The van der Waals surface area contributed by atoms with Gasteiger partial charge in [0.25, 0.3) is 0 Å². The van der Waals surface area contributed by atoms with Gasteiger partial charge in [0, 0.05) is 6.42 Å². The SMILES string of the molecule is C(=Cc1nc2ccccc2o1)Cc1nc2ccccc2o1. The molecule has 0 saturated carbocycles. The Morgan fingerprint density at radius 2 is 1.48 bits per heavy atom. The van der Waals surface area contributed by atoms with Crippen LogP contribution in [0.15, 0.2) is 63.4 Å². The number of fused-ring (bicyclic) bond motifs is 2. The van der Waals surface area contributed by atoms with Crippen LogP contribution < -0.4 is 0 Å². The van der Waals surface area contributed by atoms with E-state index in [1.165, 1.54) is 0 Å². The van der Waals surface area contributed by atoms with Crippen LogP contribution in [0.3, 0.4) is 0 Å². The van der Waals surface area contributed by atoms with Gasteiger partial charge in [-0.1, -0.05) is 30.3 Å². The van der Waals surface area contributed by atoms with Crippen molar-refractivity contribution in [2.45, 2.75) is 6.42 Å². The quantitative estimate of drug-likeness (QED) is 0.562. The molecule has 4 rings (SSSR count). The van der Waals surface area contributed by atoms with E-state index in [1.54, 1.807) is 0 Å². The summed E-state index contributed by atoms with van der Waals surface area (Å²) < 4.78 is 11.3. The molecule has 0 saturated heterocycles. The Balaban J connectivity index is 1.55. The Morgan fingerprint density at radius 3 is 2.19 bits per heavy atom. The average Bonchev–Trinajstić information content (AvgIpc) is 3.09. The van der Waals surface area contributed by atoms with Crippen molar-refractivity contribution < 1.29 is 8.83 Å². The predicted octanol–water partition coefficient (Wildman–Crippen LogP) is 4.22. The standard InChI is InChI=1S/C17H12N2O2/c1-3-8-14-12(6-1)18-16(20-14)10-5-11-17-19-13-7-2-4-9-15(13)21-17/h1-10H,11H2. The molecule has 21 heavy (non-hydrogen) atoms. The molecule has 2 aromatic heterocycles. The van der Waals surface area contributed by atoms with E-state index in [0.29, 0.717) is 18.2 Å². The summed E-state index contributed by atoms with van der Waals surface area (Å²) in [5, 5.41) is 0. The zero-order valence-electron chi connectivity index (χ0n) is 11.2. The fourth-order valence-corrected chi connectivity index (χ4v) is 2.23. The Hall–Kier alpha value is -2.88. The van der Waals surface area contributed by atoms with Crippen molar-refractivity contribution in [2.75, 3.05) is 0 Å². The zero-order chi connectivity index (χ0) is 14.1. The van der Waals surface area contributed by atoms with Crippen molar-refractivity contribution in [3.8, 4) is 0 Å². The Bertz CT molecular complexity index is 868. The molecule has 0 atom stereocenters. The van der Waals surface area contributed by atoms with Gasteiger partial charge in [-0.15, -0.1) is 0 Å². The number of hydrogen-bond acceptors (Lipinski definition) is 4. The number of nitrogens with zero attached hydrogens (tertiary/aromatic N) is 2. The third-order valence-corrected chi connectivity index (χ3v) is 3.20. The Morgan fingerprint density at radius 1 is 0.810 bits per heavy atom. The minimum absolute atomic E-state index is 0.590. The summed E-state index contributed by atoms with van der Waals surface area (Å²) in [7, 11) is 0. The summed E-state index contributed by atoms with van der Waals surface area (Å²) in [5.74, 6) is 1.27. The topological polar surface area (TPSA) is 52.1 Å². The van der Waals surface area contributed by atoms with Crippen LogP contribution in [0.4, 0.5) is 0 Å². The number of oxazole rings is 2. The average molecular weight is 276 g/mol. The monoisotopic (exact) mass is 276 g/mol. The zero-order valence-corrected chi connectivity index (χ0v) is 11.2. The molecule has 0 aliphatic heterocycles. The van der Waals surface area contributed by atoms with Gasteiger partial charge in [-0.3, -0.25) is 0 Å². The number of hydrogen-bond donors (Lipinski definition) is 0. The highest BCUT2D eigenvalue weighted by Gasteiger charge is 2.04. The molecule has 102 valence electrons. The first kappa shape index (κ1) is 11.9. The Labute approximate surface area is 120 Å². The number of allylic oxidation sites excluding steroid dienone is 1. The Kier molecular flexibility index (Phi) is 2.78. The lowest BCUT2D eigenvalue weighted by atomic mass is 10.3. The van der Waals surface area contributed by atoms with E-state index in [-0.39, 0.29) is 0 Å². The van der Waals surface area contributed by atoms with Crippen LogP contribution in [0.5, 0.6) is 0 Å². The maximum Gasteiger partial charge on any atom is 0.219 e. The van der Waals surface area contributed by atoms with Crippen LogP contribution in [-0.2, 0) is 6.42 Å². The molecule has 2 heterocycles. The summed E-state index contributed by atoms with van der Waals surface area (Å²) in [6, 6.07) is 15.4. The first-order valence-corrected chi connectivity index (χ1v) is 6.75. The largest absolute Gasteiger partial charge is 0.440 e. The molecule has 0 aliphatic carbocycles. The second-order valence-electron chi connectivity index (χ2n) is 4.70. The molecule has 0 bridgehead atoms. The molecular weight excluding hydrogens is 264 g/mol. The number of benzene rings is 2. The van der Waals surface area contributed by atoms with Crippen LogP contribution in [-0.4, -0.2) is 9.97 Å². The summed E-state index contributed by atoms with van der Waals surface area (Å²) in [6.45, 7) is 0. The summed E-state index contributed by atoms with van der Waals surface area (Å²) in [4.78, 5) is 8.80. The third kappa shape index (κ3) is 2.31. The highest BCUT2D eigenvalue weighted by molar-refractivity contribution is 5.74. The lowest BCUT2D eigenvalue weighted by molar-refractivity contribution is 0.546. The molecule has 0 aliphatic rings. The first-order chi connectivity index (χ1) is 10.4. The van der Waals surface area contributed by atoms with Gasteiger partial charge >= 0.3 is 0 Å². The van der Waals surface area contributed by atoms with Gasteiger partial charge in [0.05, 0.1) is 0 Å². The highest BCUT2D eigenvalue weighted by Crippen LogP contribution is 2.17. The summed E-state index contributed by atoms with van der Waals surface area (Å²) >= 11 is 0. The number of rotatable bonds is 3. The van der Waals surface area contributed by atoms with E-state index in [2.05, 4.69) is 9.97 Å². The molecule has 2 aromatic carbocycles. The van der Waals surface area contributed by atoms with Crippen molar-refractivity contribution >= 4 is 28.3 Å². The van der Waals surface area contributed by atoms with Crippen molar-refractivity contribution in [2.24, 2.45) is 0 Å².